The zero-order valence-electron chi connectivity index (χ0n) is 25.0. The maximum Gasteiger partial charge on any atom is 0.186 e. The minimum Gasteiger partial charge on any atom is -0.421 e. The molecule has 220 valence electrons. The van der Waals surface area contributed by atoms with Gasteiger partial charge in [-0.2, -0.15) is 0 Å². The van der Waals surface area contributed by atoms with Crippen LogP contribution in [0.15, 0.2) is 0 Å². The highest BCUT2D eigenvalue weighted by atomic mass is 28.4. The van der Waals surface area contributed by atoms with E-state index in [1.807, 2.05) is 13.8 Å². The molecular weight excluding hydrogens is 496 g/mol. The van der Waals surface area contributed by atoms with Crippen molar-refractivity contribution in [2.45, 2.75) is 71.9 Å². The van der Waals surface area contributed by atoms with Crippen LogP contribution in [-0.4, -0.2) is 116 Å². The van der Waals surface area contributed by atoms with Gasteiger partial charge in [-0.1, -0.05) is 46.3 Å². The molecule has 0 spiro atoms. The smallest absolute Gasteiger partial charge is 0.186 e. The third-order valence-electron chi connectivity index (χ3n) is 5.14. The number of hydrogen-bond donors (Lipinski definition) is 0. The average Bonchev–Trinajstić information content (AvgIpc) is 2.85. The summed E-state index contributed by atoms with van der Waals surface area (Å²) in [5.41, 5.74) is 0. The van der Waals surface area contributed by atoms with Crippen LogP contribution in [0.25, 0.3) is 0 Å². The predicted molar refractivity (Wildman–Crippen MR) is 154 cm³/mol. The molecule has 0 unspecified atom stereocenters. The number of rotatable bonds is 27. The first-order valence-electron chi connectivity index (χ1n) is 13.9. The highest BCUT2D eigenvalue weighted by Crippen LogP contribution is 2.19. The average molecular weight is 557 g/mol. The highest BCUT2D eigenvalue weighted by molar-refractivity contribution is 6.79. The molecule has 0 aliphatic heterocycles. The van der Waals surface area contributed by atoms with Crippen molar-refractivity contribution in [1.82, 2.24) is 0 Å². The molecule has 0 atom stereocenters. The van der Waals surface area contributed by atoms with Crippen molar-refractivity contribution in [2.75, 3.05) is 99.2 Å². The molecule has 0 aromatic carbocycles. The van der Waals surface area contributed by atoms with Gasteiger partial charge in [0.15, 0.2) is 8.32 Å². The lowest BCUT2D eigenvalue weighted by Crippen LogP contribution is -2.40. The molecule has 0 saturated heterocycles. The van der Waals surface area contributed by atoms with E-state index in [1.165, 1.54) is 18.5 Å². The van der Waals surface area contributed by atoms with E-state index >= 15 is 0 Å². The Bertz CT molecular complexity index is 429. The maximum atomic E-state index is 6.34. The van der Waals surface area contributed by atoms with E-state index < -0.39 is 16.4 Å². The van der Waals surface area contributed by atoms with Gasteiger partial charge in [-0.25, -0.2) is 0 Å². The van der Waals surface area contributed by atoms with Gasteiger partial charge in [0.2, 0.25) is 0 Å². The van der Waals surface area contributed by atoms with Crippen molar-refractivity contribution in [3.05, 3.63) is 0 Å². The van der Waals surface area contributed by atoms with Gasteiger partial charge in [-0.15, -0.1) is 0 Å². The van der Waals surface area contributed by atoms with Crippen LogP contribution < -0.4 is 0 Å². The topological polar surface area (TPSA) is 73.8 Å². The Morgan fingerprint density at radius 2 is 0.861 bits per heavy atom. The van der Waals surface area contributed by atoms with Crippen LogP contribution in [0.3, 0.4) is 0 Å². The fourth-order valence-corrected chi connectivity index (χ4v) is 8.85. The van der Waals surface area contributed by atoms with Crippen molar-refractivity contribution < 1.29 is 37.6 Å². The van der Waals surface area contributed by atoms with Gasteiger partial charge in [0.1, 0.15) is 0 Å². The SMILES string of the molecule is CC.CCC[Si](C)(C)OC[Si](C)(C)CCCOCCOCCOCCOCCOCCOCCOC. The van der Waals surface area contributed by atoms with Crippen LogP contribution in [0.2, 0.25) is 38.3 Å². The van der Waals surface area contributed by atoms with Crippen LogP contribution in [0.1, 0.15) is 33.6 Å². The summed E-state index contributed by atoms with van der Waals surface area (Å²) in [4.78, 5) is 0. The molecule has 0 amide bonds. The molecule has 0 aromatic heterocycles. The van der Waals surface area contributed by atoms with E-state index in [-0.39, 0.29) is 0 Å². The van der Waals surface area contributed by atoms with E-state index in [9.17, 15) is 0 Å². The van der Waals surface area contributed by atoms with Gasteiger partial charge < -0.3 is 37.6 Å². The third-order valence-corrected chi connectivity index (χ3v) is 10.7. The van der Waals surface area contributed by atoms with Gasteiger partial charge in [0.05, 0.1) is 87.4 Å². The minimum atomic E-state index is -1.45. The monoisotopic (exact) mass is 556 g/mol. The van der Waals surface area contributed by atoms with Gasteiger partial charge in [0.25, 0.3) is 0 Å². The normalized spacial score (nSPS) is 12.0. The Hall–Kier alpha value is 0.114. The second-order valence-corrected chi connectivity index (χ2v) is 19.2. The Morgan fingerprint density at radius 1 is 0.500 bits per heavy atom. The molecule has 0 N–H and O–H groups in total. The van der Waals surface area contributed by atoms with Crippen LogP contribution in [0.5, 0.6) is 0 Å². The van der Waals surface area contributed by atoms with Gasteiger partial charge in [-0.3, -0.25) is 0 Å². The second-order valence-electron chi connectivity index (χ2n) is 9.73. The van der Waals surface area contributed by atoms with E-state index in [1.54, 1.807) is 7.11 Å². The van der Waals surface area contributed by atoms with Gasteiger partial charge >= 0.3 is 0 Å². The van der Waals surface area contributed by atoms with E-state index in [0.717, 1.165) is 19.3 Å². The molecule has 10 heteroatoms. The van der Waals surface area contributed by atoms with Gasteiger partial charge in [-0.05, 0) is 25.6 Å². The van der Waals surface area contributed by atoms with Crippen molar-refractivity contribution in [1.29, 1.82) is 0 Å². The van der Waals surface area contributed by atoms with E-state index in [4.69, 9.17) is 37.6 Å². The zero-order chi connectivity index (χ0) is 27.4. The summed E-state index contributed by atoms with van der Waals surface area (Å²) < 4.78 is 44.2. The zero-order valence-corrected chi connectivity index (χ0v) is 27.0. The largest absolute Gasteiger partial charge is 0.421 e. The summed E-state index contributed by atoms with van der Waals surface area (Å²) in [7, 11) is -1.10. The highest BCUT2D eigenvalue weighted by Gasteiger charge is 2.27. The van der Waals surface area contributed by atoms with Crippen LogP contribution >= 0.6 is 0 Å². The summed E-state index contributed by atoms with van der Waals surface area (Å²) >= 11 is 0. The first kappa shape index (κ1) is 38.3. The molecule has 0 fully saturated rings. The summed E-state index contributed by atoms with van der Waals surface area (Å²) in [6.45, 7) is 23.5. The standard InChI is InChI=1S/C24H54O8Si2.C2H6/c1-7-22-34(5,6)32-24-33(3,4)23-8-9-26-12-13-28-16-17-30-20-21-31-19-18-29-15-14-27-11-10-25-2;1-2/h7-24H2,1-6H3;1-2H3. The summed E-state index contributed by atoms with van der Waals surface area (Å²) in [6.07, 6.45) is 3.31. The maximum absolute atomic E-state index is 6.34. The fourth-order valence-electron chi connectivity index (χ4n) is 3.13. The Morgan fingerprint density at radius 3 is 1.22 bits per heavy atom. The summed E-state index contributed by atoms with van der Waals surface area (Å²) in [5.74, 6) is 0. The number of methoxy groups -OCH3 is 1. The molecule has 8 nitrogen and oxygen atoms in total. The van der Waals surface area contributed by atoms with Gasteiger partial charge in [0, 0.05) is 19.9 Å². The summed E-state index contributed by atoms with van der Waals surface area (Å²) in [5, 5.41) is 0. The fraction of sp³-hybridized carbons (Fsp3) is 1.00. The lowest BCUT2D eigenvalue weighted by Gasteiger charge is -2.29. The quantitative estimate of drug-likeness (QED) is 0.103. The van der Waals surface area contributed by atoms with Crippen molar-refractivity contribution in [3.63, 3.8) is 0 Å². The van der Waals surface area contributed by atoms with Crippen molar-refractivity contribution in [3.8, 4) is 0 Å². The molecule has 0 aliphatic rings. The molecule has 0 aliphatic carbocycles. The predicted octanol–water partition coefficient (Wildman–Crippen LogP) is 5.03. The van der Waals surface area contributed by atoms with E-state index in [0.29, 0.717) is 79.3 Å². The molecular formula is C26H60O8Si2. The van der Waals surface area contributed by atoms with Crippen LogP contribution in [0.4, 0.5) is 0 Å². The molecule has 36 heavy (non-hydrogen) atoms. The lowest BCUT2D eigenvalue weighted by atomic mass is 10.5. The third kappa shape index (κ3) is 30.3. The second kappa shape index (κ2) is 28.1. The van der Waals surface area contributed by atoms with Crippen molar-refractivity contribution >= 4 is 16.4 Å². The lowest BCUT2D eigenvalue weighted by molar-refractivity contribution is -0.0190. The Kier molecular flexibility index (Phi) is 29.9. The minimum absolute atomic E-state index is 0.555. The summed E-state index contributed by atoms with van der Waals surface area (Å²) in [6, 6.07) is 2.50. The molecule has 0 radical (unpaired) electrons. The Labute approximate surface area is 225 Å². The molecule has 0 aromatic rings. The first-order chi connectivity index (χ1) is 17.3. The molecule has 0 bridgehead atoms. The molecule has 0 saturated carbocycles. The molecule has 0 heterocycles. The van der Waals surface area contributed by atoms with Crippen molar-refractivity contribution in [2.24, 2.45) is 0 Å². The van der Waals surface area contributed by atoms with E-state index in [2.05, 4.69) is 33.1 Å². The Balaban J connectivity index is 0. The first-order valence-corrected chi connectivity index (χ1v) is 20.5. The van der Waals surface area contributed by atoms with Crippen LogP contribution in [0, 0.1) is 0 Å². The number of ether oxygens (including phenoxy) is 7. The van der Waals surface area contributed by atoms with Crippen LogP contribution in [-0.2, 0) is 37.6 Å². The number of hydrogen-bond acceptors (Lipinski definition) is 8. The molecule has 0 rings (SSSR count).